The number of benzene rings is 2. The number of hydrogen-bond donors (Lipinski definition) is 2. The van der Waals surface area contributed by atoms with Crippen molar-refractivity contribution in [2.24, 2.45) is 34.0 Å². The quantitative estimate of drug-likeness (QED) is 0.137. The molecule has 2 aromatic carbocycles. The van der Waals surface area contributed by atoms with Gasteiger partial charge in [0.25, 0.3) is 11.8 Å². The molecule has 308 valence electrons. The van der Waals surface area contributed by atoms with Crippen molar-refractivity contribution in [2.75, 3.05) is 31.1 Å². The van der Waals surface area contributed by atoms with Gasteiger partial charge in [-0.2, -0.15) is 0 Å². The molecule has 2 spiro atoms. The first-order valence-corrected chi connectivity index (χ1v) is 21.9. The van der Waals surface area contributed by atoms with Crippen molar-refractivity contribution in [2.45, 2.75) is 122 Å². The summed E-state index contributed by atoms with van der Waals surface area (Å²) in [6.07, 6.45) is 9.52. The van der Waals surface area contributed by atoms with Crippen LogP contribution in [0.2, 0.25) is 0 Å². The molecule has 5 heterocycles. The van der Waals surface area contributed by atoms with Crippen molar-refractivity contribution in [3.05, 3.63) is 65.5 Å². The lowest BCUT2D eigenvalue weighted by Crippen LogP contribution is -2.78. The van der Waals surface area contributed by atoms with Crippen molar-refractivity contribution in [3.8, 4) is 0 Å². The topological polar surface area (TPSA) is 147 Å². The number of nitrogens with zero attached hydrogens (tertiary/aromatic N) is 5. The number of rotatable bonds is 11. The van der Waals surface area contributed by atoms with Crippen LogP contribution in [-0.4, -0.2) is 98.5 Å². The van der Waals surface area contributed by atoms with E-state index in [9.17, 15) is 24.6 Å². The van der Waals surface area contributed by atoms with Gasteiger partial charge in [-0.05, 0) is 106 Å². The molecule has 2 amide bonds. The molecule has 4 aliphatic heterocycles. The summed E-state index contributed by atoms with van der Waals surface area (Å²) in [6, 6.07) is 9.75. The Labute approximate surface area is 339 Å². The molecule has 1 aromatic heterocycles. The number of ketones is 1. The highest BCUT2D eigenvalue weighted by Crippen LogP contribution is 2.75. The van der Waals surface area contributed by atoms with Gasteiger partial charge in [0.2, 0.25) is 0 Å². The number of aliphatic hydroxyl groups excluding tert-OH is 2. The second-order valence-corrected chi connectivity index (χ2v) is 19.1. The van der Waals surface area contributed by atoms with Gasteiger partial charge < -0.3 is 24.6 Å². The van der Waals surface area contributed by atoms with Gasteiger partial charge in [0.05, 0.1) is 29.4 Å². The summed E-state index contributed by atoms with van der Waals surface area (Å²) in [5, 5.41) is 34.0. The van der Waals surface area contributed by atoms with Crippen LogP contribution in [0.5, 0.6) is 0 Å². The van der Waals surface area contributed by atoms with Crippen LogP contribution in [0.4, 0.5) is 5.69 Å². The van der Waals surface area contributed by atoms with Crippen LogP contribution < -0.4 is 4.90 Å². The normalized spacial score (nSPS) is 34.9. The smallest absolute Gasteiger partial charge is 0.261 e. The van der Waals surface area contributed by atoms with E-state index >= 15 is 0 Å². The number of carbonyl (C=O) groups excluding carboxylic acids is 3. The third-order valence-corrected chi connectivity index (χ3v) is 15.8. The van der Waals surface area contributed by atoms with Crippen LogP contribution in [0.15, 0.2) is 48.7 Å². The molecule has 4 aliphatic carbocycles. The molecule has 0 unspecified atom stereocenters. The van der Waals surface area contributed by atoms with E-state index in [-0.39, 0.29) is 28.9 Å². The van der Waals surface area contributed by atoms with Gasteiger partial charge in [0.1, 0.15) is 0 Å². The minimum atomic E-state index is -1.15. The third-order valence-electron chi connectivity index (χ3n) is 15.8. The Morgan fingerprint density at radius 2 is 1.72 bits per heavy atom. The SMILES string of the molecule is C=C1C(=O)[C@]23[C@H](O)[C@H]1C[C@H](O)[C@H]2[C@]12CCCC(C)(C)[C@H]1C[C@H]3O[C@H]2OCCCCc1cn(CCCN2C(=O)c3cccc4c(N5CCCCC5)ccc(c34)C2=O)nn1. The average molecular weight is 792 g/mol. The average Bonchev–Trinajstić information content (AvgIpc) is 3.72. The van der Waals surface area contributed by atoms with Crippen LogP contribution >= 0.6 is 0 Å². The molecule has 3 saturated heterocycles. The predicted octanol–water partition coefficient (Wildman–Crippen LogP) is 5.87. The monoisotopic (exact) mass is 791 g/mol. The van der Waals surface area contributed by atoms with E-state index in [1.165, 1.54) is 11.3 Å². The molecular weight excluding hydrogens is 735 g/mol. The van der Waals surface area contributed by atoms with E-state index in [0.29, 0.717) is 55.7 Å². The maximum atomic E-state index is 14.0. The van der Waals surface area contributed by atoms with Gasteiger partial charge >= 0.3 is 0 Å². The Hall–Kier alpha value is -3.97. The molecule has 3 aromatic rings. The van der Waals surface area contributed by atoms with Gasteiger partial charge in [-0.15, -0.1) is 5.10 Å². The summed E-state index contributed by atoms with van der Waals surface area (Å²) >= 11 is 0. The summed E-state index contributed by atoms with van der Waals surface area (Å²) in [7, 11) is 0. The van der Waals surface area contributed by atoms with Gasteiger partial charge in [-0.1, -0.05) is 44.2 Å². The van der Waals surface area contributed by atoms with E-state index in [1.807, 2.05) is 36.5 Å². The number of aryl methyl sites for hydroxylation is 2. The molecule has 2 N–H and O–H groups in total. The number of unbranched alkanes of at least 4 members (excludes halogenated alkanes) is 1. The largest absolute Gasteiger partial charge is 0.393 e. The van der Waals surface area contributed by atoms with E-state index < -0.39 is 47.3 Å². The molecule has 12 nitrogen and oxygen atoms in total. The summed E-state index contributed by atoms with van der Waals surface area (Å²) in [6.45, 7) is 12.0. The minimum Gasteiger partial charge on any atom is -0.393 e. The number of imide groups is 1. The molecular formula is C46H57N5O7. The summed E-state index contributed by atoms with van der Waals surface area (Å²) in [5.74, 6) is -1.23. The fraction of sp³-hybridized carbons (Fsp3) is 0.630. The molecule has 8 aliphatic rings. The second-order valence-electron chi connectivity index (χ2n) is 19.1. The highest BCUT2D eigenvalue weighted by Gasteiger charge is 2.81. The third kappa shape index (κ3) is 5.43. The number of piperidine rings is 1. The maximum absolute atomic E-state index is 14.0. The van der Waals surface area contributed by atoms with Crippen molar-refractivity contribution in [3.63, 3.8) is 0 Å². The zero-order chi connectivity index (χ0) is 40.1. The molecule has 12 heteroatoms. The molecule has 58 heavy (non-hydrogen) atoms. The number of hydrogen-bond acceptors (Lipinski definition) is 10. The van der Waals surface area contributed by atoms with Crippen molar-refractivity contribution < 1.29 is 34.1 Å². The number of anilines is 1. The Balaban J connectivity index is 0.748. The van der Waals surface area contributed by atoms with E-state index in [4.69, 9.17) is 9.47 Å². The first-order valence-electron chi connectivity index (χ1n) is 21.9. The van der Waals surface area contributed by atoms with Crippen LogP contribution in [0.1, 0.15) is 111 Å². The van der Waals surface area contributed by atoms with Crippen LogP contribution in [0.25, 0.3) is 10.8 Å². The number of fused-ring (bicyclic) bond motifs is 2. The standard InChI is InChI=1S/C46H57N5O7/c1-27-32-24-34(52)38-45-18-10-17-44(2,3)35(45)25-36(46(38,39(27)53)40(32)54)58-43(45)57-23-8-5-12-28-26-50(48-47-28)21-11-22-51-41(55)30-14-9-13-29-33(49-19-6-4-7-20-49)16-15-31(37(29)30)42(51)56/h9,13-16,26,32,34-36,38,40,43,52,54H,1,4-8,10-12,17-25H2,2-3H3/t32-,34-,35+,36+,38-,40+,43+,45-,46+/m0/s1. The van der Waals surface area contributed by atoms with Gasteiger partial charge in [-0.25, -0.2) is 0 Å². The Bertz CT molecular complexity index is 2150. The summed E-state index contributed by atoms with van der Waals surface area (Å²) in [5.41, 5.74) is 1.87. The second kappa shape index (κ2) is 14.1. The zero-order valence-electron chi connectivity index (χ0n) is 33.9. The molecule has 4 bridgehead atoms. The molecule has 4 saturated carbocycles. The first kappa shape index (κ1) is 38.2. The zero-order valence-corrected chi connectivity index (χ0v) is 33.9. The van der Waals surface area contributed by atoms with Gasteiger partial charge in [-0.3, -0.25) is 24.0 Å². The highest BCUT2D eigenvalue weighted by molar-refractivity contribution is 6.26. The van der Waals surface area contributed by atoms with Crippen LogP contribution in [0.3, 0.4) is 0 Å². The molecule has 11 rings (SSSR count). The van der Waals surface area contributed by atoms with Crippen LogP contribution in [-0.2, 0) is 27.2 Å². The molecule has 7 fully saturated rings. The number of ether oxygens (including phenoxy) is 2. The van der Waals surface area contributed by atoms with Crippen LogP contribution in [0, 0.1) is 34.0 Å². The number of Topliss-reactive ketones (excluding diaryl/α,β-unsaturated/α-hetero) is 1. The van der Waals surface area contributed by atoms with E-state index in [2.05, 4.69) is 35.6 Å². The number of amides is 2. The lowest BCUT2D eigenvalue weighted by Gasteiger charge is -2.72. The summed E-state index contributed by atoms with van der Waals surface area (Å²) in [4.78, 5) is 45.2. The first-order chi connectivity index (χ1) is 28.0. The maximum Gasteiger partial charge on any atom is 0.261 e. The minimum absolute atomic E-state index is 0.00857. The fourth-order valence-corrected chi connectivity index (χ4v) is 13.4. The number of carbonyl (C=O) groups is 3. The lowest BCUT2D eigenvalue weighted by atomic mass is 9.37. The molecule has 9 atom stereocenters. The highest BCUT2D eigenvalue weighted by atomic mass is 16.7. The van der Waals surface area contributed by atoms with Gasteiger partial charge in [0, 0.05) is 83.8 Å². The van der Waals surface area contributed by atoms with E-state index in [0.717, 1.165) is 86.6 Å². The van der Waals surface area contributed by atoms with E-state index in [1.54, 1.807) is 4.68 Å². The van der Waals surface area contributed by atoms with Crippen molar-refractivity contribution >= 4 is 34.1 Å². The fourth-order valence-electron chi connectivity index (χ4n) is 13.4. The molecule has 0 radical (unpaired) electrons. The Kier molecular flexibility index (Phi) is 9.27. The lowest BCUT2D eigenvalue weighted by molar-refractivity contribution is -0.402. The van der Waals surface area contributed by atoms with Gasteiger partial charge in [0.15, 0.2) is 12.1 Å². The Morgan fingerprint density at radius 1 is 0.931 bits per heavy atom. The van der Waals surface area contributed by atoms with Crippen molar-refractivity contribution in [1.82, 2.24) is 19.9 Å². The summed E-state index contributed by atoms with van der Waals surface area (Å²) < 4.78 is 15.2. The number of aromatic nitrogens is 3. The Morgan fingerprint density at radius 3 is 2.53 bits per heavy atom. The number of aliphatic hydroxyl groups is 2. The predicted molar refractivity (Wildman–Crippen MR) is 216 cm³/mol. The van der Waals surface area contributed by atoms with Crippen molar-refractivity contribution in [1.29, 1.82) is 0 Å².